The van der Waals surface area contributed by atoms with Crippen LogP contribution in [-0.2, 0) is 6.42 Å². The predicted molar refractivity (Wildman–Crippen MR) is 104 cm³/mol. The summed E-state index contributed by atoms with van der Waals surface area (Å²) >= 11 is 0. The molecule has 0 aliphatic rings. The number of anilines is 2. The maximum absolute atomic E-state index is 13.3. The van der Waals surface area contributed by atoms with Gasteiger partial charge in [-0.3, -0.25) is 4.79 Å². The lowest BCUT2D eigenvalue weighted by Gasteiger charge is -2.09. The van der Waals surface area contributed by atoms with Crippen molar-refractivity contribution in [1.29, 1.82) is 0 Å². The fraction of sp³-hybridized carbons (Fsp3) is 0.143. The topological polar surface area (TPSA) is 63.2 Å². The van der Waals surface area contributed by atoms with E-state index in [1.807, 2.05) is 24.3 Å². The average molecular weight is 383 g/mol. The Kier molecular flexibility index (Phi) is 6.16. The van der Waals surface area contributed by atoms with Crippen LogP contribution in [0.3, 0.4) is 0 Å². The number of pyridine rings is 1. The molecule has 28 heavy (non-hydrogen) atoms. The number of benzene rings is 2. The molecule has 0 atom stereocenters. The van der Waals surface area contributed by atoms with Crippen LogP contribution in [0.4, 0.5) is 20.3 Å². The van der Waals surface area contributed by atoms with Crippen LogP contribution in [0.25, 0.3) is 0 Å². The van der Waals surface area contributed by atoms with Gasteiger partial charge in [-0.1, -0.05) is 12.1 Å². The molecule has 144 valence electrons. The van der Waals surface area contributed by atoms with E-state index in [9.17, 15) is 13.6 Å². The molecule has 1 aromatic heterocycles. The summed E-state index contributed by atoms with van der Waals surface area (Å²) in [6.07, 6.45) is 2.28. The third-order valence-electron chi connectivity index (χ3n) is 4.08. The Bertz CT molecular complexity index is 962. The minimum atomic E-state index is -1.02. The molecule has 7 heteroatoms. The molecule has 0 saturated heterocycles. The molecule has 0 aliphatic heterocycles. The van der Waals surface area contributed by atoms with Gasteiger partial charge in [-0.25, -0.2) is 13.8 Å². The molecule has 1 heterocycles. The Morgan fingerprint density at radius 1 is 1.04 bits per heavy atom. The second-order valence-corrected chi connectivity index (χ2v) is 6.04. The molecule has 0 fully saturated rings. The van der Waals surface area contributed by atoms with Gasteiger partial charge >= 0.3 is 0 Å². The summed E-state index contributed by atoms with van der Waals surface area (Å²) in [7, 11) is 1.62. The van der Waals surface area contributed by atoms with E-state index >= 15 is 0 Å². The smallest absolute Gasteiger partial charge is 0.255 e. The second kappa shape index (κ2) is 8.94. The quantitative estimate of drug-likeness (QED) is 0.639. The van der Waals surface area contributed by atoms with E-state index in [1.165, 1.54) is 12.3 Å². The maximum atomic E-state index is 13.3. The van der Waals surface area contributed by atoms with Crippen molar-refractivity contribution in [2.45, 2.75) is 6.42 Å². The molecular formula is C21H19F2N3O2. The van der Waals surface area contributed by atoms with Crippen LogP contribution >= 0.6 is 0 Å². The zero-order valence-corrected chi connectivity index (χ0v) is 15.2. The Balaban J connectivity index is 1.58. The lowest BCUT2D eigenvalue weighted by molar-refractivity contribution is 0.102. The molecule has 0 radical (unpaired) electrons. The molecule has 0 spiro atoms. The number of aromatic nitrogens is 1. The summed E-state index contributed by atoms with van der Waals surface area (Å²) in [5.41, 5.74) is 1.67. The fourth-order valence-corrected chi connectivity index (χ4v) is 2.57. The van der Waals surface area contributed by atoms with Gasteiger partial charge in [0.05, 0.1) is 7.11 Å². The summed E-state index contributed by atoms with van der Waals surface area (Å²) < 4.78 is 31.4. The number of amides is 1. The van der Waals surface area contributed by atoms with Crippen LogP contribution < -0.4 is 15.4 Å². The number of carbonyl (C=O) groups is 1. The Morgan fingerprint density at radius 3 is 2.54 bits per heavy atom. The van der Waals surface area contributed by atoms with Gasteiger partial charge in [0.15, 0.2) is 11.6 Å². The van der Waals surface area contributed by atoms with E-state index in [0.717, 1.165) is 29.9 Å². The zero-order valence-electron chi connectivity index (χ0n) is 15.2. The van der Waals surface area contributed by atoms with Crippen LogP contribution in [0.2, 0.25) is 0 Å². The van der Waals surface area contributed by atoms with E-state index in [-0.39, 0.29) is 5.69 Å². The monoisotopic (exact) mass is 383 g/mol. The molecule has 0 aliphatic carbocycles. The number of methoxy groups -OCH3 is 1. The van der Waals surface area contributed by atoms with Crippen LogP contribution in [0, 0.1) is 11.6 Å². The highest BCUT2D eigenvalue weighted by atomic mass is 19.2. The SMILES string of the molecule is COc1ccc(CCNc2cc(C(=O)Nc3ccc(F)c(F)c3)ccn2)cc1. The Labute approximate surface area is 161 Å². The molecule has 1 amide bonds. The number of nitrogens with one attached hydrogen (secondary N) is 2. The molecule has 0 saturated carbocycles. The standard InChI is InChI=1S/C21H19F2N3O2/c1-28-17-5-2-14(3-6-17)8-10-24-20-12-15(9-11-25-20)21(27)26-16-4-7-18(22)19(23)13-16/h2-7,9,11-13H,8,10H2,1H3,(H,24,25)(H,26,27). The van der Waals surface area contributed by atoms with Crippen molar-refractivity contribution >= 4 is 17.4 Å². The summed E-state index contributed by atoms with van der Waals surface area (Å²) in [4.78, 5) is 16.5. The Morgan fingerprint density at radius 2 is 1.82 bits per heavy atom. The average Bonchev–Trinajstić information content (AvgIpc) is 2.71. The van der Waals surface area contributed by atoms with E-state index in [4.69, 9.17) is 4.74 Å². The largest absolute Gasteiger partial charge is 0.497 e. The lowest BCUT2D eigenvalue weighted by atomic mass is 10.1. The van der Waals surface area contributed by atoms with Crippen molar-refractivity contribution in [1.82, 2.24) is 4.98 Å². The number of halogens is 2. The number of carbonyl (C=O) groups excluding carboxylic acids is 1. The number of hydrogen-bond acceptors (Lipinski definition) is 4. The van der Waals surface area contributed by atoms with Crippen molar-refractivity contribution in [3.05, 3.63) is 83.6 Å². The first-order chi connectivity index (χ1) is 13.5. The normalized spacial score (nSPS) is 10.4. The van der Waals surface area contributed by atoms with Gasteiger partial charge in [0.25, 0.3) is 5.91 Å². The van der Waals surface area contributed by atoms with Gasteiger partial charge in [-0.05, 0) is 48.4 Å². The van der Waals surface area contributed by atoms with Crippen LogP contribution in [-0.4, -0.2) is 24.5 Å². The summed E-state index contributed by atoms with van der Waals surface area (Å²) in [5.74, 6) is -1.07. The number of nitrogens with zero attached hydrogens (tertiary/aromatic N) is 1. The molecule has 2 N–H and O–H groups in total. The zero-order chi connectivity index (χ0) is 19.9. The van der Waals surface area contributed by atoms with Crippen LogP contribution in [0.15, 0.2) is 60.8 Å². The van der Waals surface area contributed by atoms with Gasteiger partial charge in [0.1, 0.15) is 11.6 Å². The first kappa shape index (κ1) is 19.3. The first-order valence-corrected chi connectivity index (χ1v) is 8.64. The van der Waals surface area contributed by atoms with Gasteiger partial charge in [0, 0.05) is 30.1 Å². The van der Waals surface area contributed by atoms with Crippen molar-refractivity contribution in [3.63, 3.8) is 0 Å². The lowest BCUT2D eigenvalue weighted by Crippen LogP contribution is -2.13. The molecule has 5 nitrogen and oxygen atoms in total. The van der Waals surface area contributed by atoms with Gasteiger partial charge in [0.2, 0.25) is 0 Å². The second-order valence-electron chi connectivity index (χ2n) is 6.04. The van der Waals surface area contributed by atoms with E-state index in [2.05, 4.69) is 15.6 Å². The Hall–Kier alpha value is -3.48. The van der Waals surface area contributed by atoms with Crippen molar-refractivity contribution in [3.8, 4) is 5.75 Å². The molecule has 2 aromatic carbocycles. The first-order valence-electron chi connectivity index (χ1n) is 8.64. The molecule has 3 aromatic rings. The number of ether oxygens (including phenoxy) is 1. The predicted octanol–water partition coefficient (Wildman–Crippen LogP) is 4.28. The van der Waals surface area contributed by atoms with Crippen LogP contribution in [0.5, 0.6) is 5.75 Å². The number of rotatable bonds is 7. The third-order valence-corrected chi connectivity index (χ3v) is 4.08. The van der Waals surface area contributed by atoms with Gasteiger partial charge < -0.3 is 15.4 Å². The minimum Gasteiger partial charge on any atom is -0.497 e. The van der Waals surface area contributed by atoms with E-state index < -0.39 is 17.5 Å². The third kappa shape index (κ3) is 5.03. The van der Waals surface area contributed by atoms with Crippen molar-refractivity contribution in [2.75, 3.05) is 24.3 Å². The van der Waals surface area contributed by atoms with Gasteiger partial charge in [-0.2, -0.15) is 0 Å². The maximum Gasteiger partial charge on any atom is 0.255 e. The fourth-order valence-electron chi connectivity index (χ4n) is 2.57. The van der Waals surface area contributed by atoms with Crippen molar-refractivity contribution < 1.29 is 18.3 Å². The highest BCUT2D eigenvalue weighted by Gasteiger charge is 2.09. The minimum absolute atomic E-state index is 0.176. The highest BCUT2D eigenvalue weighted by molar-refractivity contribution is 6.04. The summed E-state index contributed by atoms with van der Waals surface area (Å²) in [6.45, 7) is 0.633. The molecule has 0 bridgehead atoms. The van der Waals surface area contributed by atoms with Crippen LogP contribution in [0.1, 0.15) is 15.9 Å². The molecule has 3 rings (SSSR count). The van der Waals surface area contributed by atoms with E-state index in [1.54, 1.807) is 19.2 Å². The van der Waals surface area contributed by atoms with E-state index in [0.29, 0.717) is 17.9 Å². The number of hydrogen-bond donors (Lipinski definition) is 2. The summed E-state index contributed by atoms with van der Waals surface area (Å²) in [5, 5.41) is 5.70. The van der Waals surface area contributed by atoms with Gasteiger partial charge in [-0.15, -0.1) is 0 Å². The molecular weight excluding hydrogens is 364 g/mol. The molecule has 0 unspecified atom stereocenters. The van der Waals surface area contributed by atoms with Crippen molar-refractivity contribution in [2.24, 2.45) is 0 Å². The summed E-state index contributed by atoms with van der Waals surface area (Å²) in [6, 6.07) is 14.1. The highest BCUT2D eigenvalue weighted by Crippen LogP contribution is 2.16.